The summed E-state index contributed by atoms with van der Waals surface area (Å²) in [6, 6.07) is 15.7. The molecule has 3 rings (SSSR count). The summed E-state index contributed by atoms with van der Waals surface area (Å²) < 4.78 is 0. The predicted molar refractivity (Wildman–Crippen MR) is 117 cm³/mol. The first-order valence-electron chi connectivity index (χ1n) is 9.54. The maximum absolute atomic E-state index is 13.0. The lowest BCUT2D eigenvalue weighted by molar-refractivity contribution is -0.119. The van der Waals surface area contributed by atoms with Crippen molar-refractivity contribution in [2.75, 3.05) is 35.4 Å². The van der Waals surface area contributed by atoms with Crippen molar-refractivity contribution in [1.29, 1.82) is 5.26 Å². The van der Waals surface area contributed by atoms with Crippen LogP contribution in [0, 0.1) is 11.3 Å². The zero-order chi connectivity index (χ0) is 20.8. The smallest absolute Gasteiger partial charge is 0.255 e. The summed E-state index contributed by atoms with van der Waals surface area (Å²) in [4.78, 5) is 29.5. The Balaban J connectivity index is 1.68. The van der Waals surface area contributed by atoms with Gasteiger partial charge in [-0.15, -0.1) is 11.8 Å². The van der Waals surface area contributed by atoms with E-state index in [1.165, 1.54) is 0 Å². The van der Waals surface area contributed by atoms with E-state index in [0.29, 0.717) is 28.4 Å². The van der Waals surface area contributed by atoms with Gasteiger partial charge in [0.1, 0.15) is 6.04 Å². The topological polar surface area (TPSA) is 76.4 Å². The van der Waals surface area contributed by atoms with Crippen molar-refractivity contribution in [1.82, 2.24) is 4.90 Å². The normalized spacial score (nSPS) is 15.6. The standard InChI is InChI=1S/C22H24N4O2S/c1-3-12-25(2)19-10-6-17(7-11-19)22(28)26-15-29-14-20(26)21(27)24-18-8-4-16(13-23)5-9-18/h4-11,20H,3,12,14-15H2,1-2H3,(H,24,27). The van der Waals surface area contributed by atoms with Gasteiger partial charge in [-0.3, -0.25) is 9.59 Å². The molecule has 0 aromatic heterocycles. The zero-order valence-electron chi connectivity index (χ0n) is 16.6. The molecule has 0 radical (unpaired) electrons. The van der Waals surface area contributed by atoms with Crippen LogP contribution in [-0.2, 0) is 4.79 Å². The average Bonchev–Trinajstić information content (AvgIpc) is 3.24. The zero-order valence-corrected chi connectivity index (χ0v) is 17.4. The maximum Gasteiger partial charge on any atom is 0.255 e. The van der Waals surface area contributed by atoms with Crippen LogP contribution in [0.3, 0.4) is 0 Å². The third kappa shape index (κ3) is 4.90. The molecule has 1 aliphatic rings. The highest BCUT2D eigenvalue weighted by Gasteiger charge is 2.35. The first-order chi connectivity index (χ1) is 14.0. The second kappa shape index (κ2) is 9.48. The van der Waals surface area contributed by atoms with Crippen molar-refractivity contribution in [3.05, 3.63) is 59.7 Å². The molecule has 1 N–H and O–H groups in total. The molecule has 1 aliphatic heterocycles. The van der Waals surface area contributed by atoms with Crippen LogP contribution in [0.1, 0.15) is 29.3 Å². The largest absolute Gasteiger partial charge is 0.375 e. The molecule has 1 saturated heterocycles. The summed E-state index contributed by atoms with van der Waals surface area (Å²) in [6.07, 6.45) is 1.05. The molecule has 2 aromatic rings. The predicted octanol–water partition coefficient (Wildman–Crippen LogP) is 3.56. The van der Waals surface area contributed by atoms with Crippen LogP contribution < -0.4 is 10.2 Å². The van der Waals surface area contributed by atoms with Crippen LogP contribution in [0.4, 0.5) is 11.4 Å². The number of rotatable bonds is 6. The minimum atomic E-state index is -0.523. The Kier molecular flexibility index (Phi) is 6.78. The molecule has 29 heavy (non-hydrogen) atoms. The highest BCUT2D eigenvalue weighted by Crippen LogP contribution is 2.25. The van der Waals surface area contributed by atoms with Gasteiger partial charge in [-0.05, 0) is 55.0 Å². The van der Waals surface area contributed by atoms with Gasteiger partial charge in [-0.1, -0.05) is 6.92 Å². The van der Waals surface area contributed by atoms with Gasteiger partial charge in [0.15, 0.2) is 0 Å². The summed E-state index contributed by atoms with van der Waals surface area (Å²) in [6.45, 7) is 3.08. The molecule has 0 spiro atoms. The van der Waals surface area contributed by atoms with Gasteiger partial charge >= 0.3 is 0 Å². The molecule has 2 amide bonds. The third-order valence-electron chi connectivity index (χ3n) is 4.84. The Morgan fingerprint density at radius 1 is 1.21 bits per heavy atom. The molecular weight excluding hydrogens is 384 g/mol. The minimum absolute atomic E-state index is 0.139. The fourth-order valence-corrected chi connectivity index (χ4v) is 4.36. The monoisotopic (exact) mass is 408 g/mol. The number of amides is 2. The molecule has 7 heteroatoms. The minimum Gasteiger partial charge on any atom is -0.375 e. The highest BCUT2D eigenvalue weighted by molar-refractivity contribution is 7.99. The van der Waals surface area contributed by atoms with Crippen molar-refractivity contribution < 1.29 is 9.59 Å². The first kappa shape index (κ1) is 20.7. The van der Waals surface area contributed by atoms with E-state index in [1.807, 2.05) is 37.4 Å². The van der Waals surface area contributed by atoms with Crippen LogP contribution in [-0.4, -0.2) is 48.0 Å². The van der Waals surface area contributed by atoms with Crippen LogP contribution in [0.5, 0.6) is 0 Å². The highest BCUT2D eigenvalue weighted by atomic mass is 32.2. The molecule has 1 unspecified atom stereocenters. The fourth-order valence-electron chi connectivity index (χ4n) is 3.20. The third-order valence-corrected chi connectivity index (χ3v) is 5.85. The van der Waals surface area contributed by atoms with Crippen LogP contribution in [0.2, 0.25) is 0 Å². The number of nitriles is 1. The number of benzene rings is 2. The number of thioether (sulfide) groups is 1. The lowest BCUT2D eigenvalue weighted by Crippen LogP contribution is -2.44. The summed E-state index contributed by atoms with van der Waals surface area (Å²) in [5.41, 5.74) is 2.79. The number of nitrogens with one attached hydrogen (secondary N) is 1. The van der Waals surface area contributed by atoms with Gasteiger partial charge in [0.25, 0.3) is 5.91 Å². The number of anilines is 2. The Labute approximate surface area is 175 Å². The Morgan fingerprint density at radius 2 is 1.90 bits per heavy atom. The summed E-state index contributed by atoms with van der Waals surface area (Å²) in [7, 11) is 2.03. The lowest BCUT2D eigenvalue weighted by Gasteiger charge is -2.24. The maximum atomic E-state index is 13.0. The molecule has 0 saturated carbocycles. The van der Waals surface area contributed by atoms with E-state index in [-0.39, 0.29) is 11.8 Å². The Hall–Kier alpha value is -2.98. The van der Waals surface area contributed by atoms with Gasteiger partial charge < -0.3 is 15.1 Å². The van der Waals surface area contributed by atoms with Gasteiger partial charge in [0.2, 0.25) is 5.91 Å². The van der Waals surface area contributed by atoms with Crippen LogP contribution in [0.15, 0.2) is 48.5 Å². The first-order valence-corrected chi connectivity index (χ1v) is 10.7. The molecule has 150 valence electrons. The Morgan fingerprint density at radius 3 is 2.52 bits per heavy atom. The molecule has 1 heterocycles. The summed E-state index contributed by atoms with van der Waals surface area (Å²) >= 11 is 1.57. The van der Waals surface area contributed by atoms with E-state index in [9.17, 15) is 9.59 Å². The second-order valence-electron chi connectivity index (χ2n) is 6.94. The molecule has 1 fully saturated rings. The number of carbonyl (C=O) groups is 2. The van der Waals surface area contributed by atoms with Gasteiger partial charge in [-0.25, -0.2) is 0 Å². The SMILES string of the molecule is CCCN(C)c1ccc(C(=O)N2CSCC2C(=O)Nc2ccc(C#N)cc2)cc1. The molecule has 0 bridgehead atoms. The van der Waals surface area contributed by atoms with Crippen molar-refractivity contribution in [3.63, 3.8) is 0 Å². The van der Waals surface area contributed by atoms with E-state index in [0.717, 1.165) is 18.7 Å². The lowest BCUT2D eigenvalue weighted by atomic mass is 10.1. The second-order valence-corrected chi connectivity index (χ2v) is 7.94. The Bertz CT molecular complexity index is 906. The summed E-state index contributed by atoms with van der Waals surface area (Å²) in [5.74, 6) is 0.694. The number of carbonyl (C=O) groups excluding carboxylic acids is 2. The molecular formula is C22H24N4O2S. The van der Waals surface area contributed by atoms with Crippen molar-refractivity contribution in [3.8, 4) is 6.07 Å². The summed E-state index contributed by atoms with van der Waals surface area (Å²) in [5, 5.41) is 11.7. The molecule has 2 aromatic carbocycles. The van der Waals surface area contributed by atoms with Gasteiger partial charge in [0, 0.05) is 36.3 Å². The van der Waals surface area contributed by atoms with Crippen LogP contribution >= 0.6 is 11.8 Å². The average molecular weight is 409 g/mol. The van der Waals surface area contributed by atoms with Gasteiger partial charge in [-0.2, -0.15) is 5.26 Å². The van der Waals surface area contributed by atoms with Crippen molar-refractivity contribution >= 4 is 35.0 Å². The van der Waals surface area contributed by atoms with E-state index in [2.05, 4.69) is 17.1 Å². The quantitative estimate of drug-likeness (QED) is 0.791. The van der Waals surface area contributed by atoms with E-state index < -0.39 is 6.04 Å². The molecule has 1 atom stereocenters. The van der Waals surface area contributed by atoms with E-state index in [4.69, 9.17) is 5.26 Å². The van der Waals surface area contributed by atoms with Crippen LogP contribution in [0.25, 0.3) is 0 Å². The van der Waals surface area contributed by atoms with E-state index >= 15 is 0 Å². The molecule has 6 nitrogen and oxygen atoms in total. The van der Waals surface area contributed by atoms with E-state index in [1.54, 1.807) is 40.9 Å². The number of hydrogen-bond acceptors (Lipinski definition) is 5. The number of nitrogens with zero attached hydrogens (tertiary/aromatic N) is 3. The van der Waals surface area contributed by atoms with Crippen molar-refractivity contribution in [2.24, 2.45) is 0 Å². The fraction of sp³-hybridized carbons (Fsp3) is 0.318. The molecule has 0 aliphatic carbocycles. The number of hydrogen-bond donors (Lipinski definition) is 1. The van der Waals surface area contributed by atoms with Gasteiger partial charge in [0.05, 0.1) is 17.5 Å². The van der Waals surface area contributed by atoms with Crippen molar-refractivity contribution in [2.45, 2.75) is 19.4 Å².